The van der Waals surface area contributed by atoms with Crippen LogP contribution in [0.15, 0.2) is 18.2 Å². The molecule has 1 aromatic rings. The van der Waals surface area contributed by atoms with Crippen molar-refractivity contribution in [2.75, 3.05) is 13.1 Å². The van der Waals surface area contributed by atoms with Gasteiger partial charge < -0.3 is 0 Å². The molecule has 2 rings (SSSR count). The number of rotatable bonds is 3. The maximum absolute atomic E-state index is 12.1. The zero-order chi connectivity index (χ0) is 12.4. The molecule has 1 saturated heterocycles. The van der Waals surface area contributed by atoms with Gasteiger partial charge in [0.2, 0.25) is 0 Å². The predicted molar refractivity (Wildman–Crippen MR) is 71.1 cm³/mol. The monoisotopic (exact) mass is 271 g/mol. The van der Waals surface area contributed by atoms with E-state index in [4.69, 9.17) is 23.2 Å². The number of nitrogens with zero attached hydrogens (tertiary/aromatic N) is 1. The maximum Gasteiger partial charge on any atom is 0.178 e. The normalized spacial score (nSPS) is 20.8. The molecule has 1 unspecified atom stereocenters. The van der Waals surface area contributed by atoms with Gasteiger partial charge in [-0.15, -0.1) is 0 Å². The largest absolute Gasteiger partial charge is 0.293 e. The van der Waals surface area contributed by atoms with Crippen molar-refractivity contribution in [3.63, 3.8) is 0 Å². The zero-order valence-corrected chi connectivity index (χ0v) is 11.3. The number of benzene rings is 1. The molecule has 17 heavy (non-hydrogen) atoms. The highest BCUT2D eigenvalue weighted by molar-refractivity contribution is 6.36. The van der Waals surface area contributed by atoms with Gasteiger partial charge in [-0.2, -0.15) is 0 Å². The van der Waals surface area contributed by atoms with Gasteiger partial charge in [-0.05, 0) is 44.5 Å². The first kappa shape index (κ1) is 12.9. The SMILES string of the molecule is CC1CCCN1CC(=O)c1ccc(Cl)cc1Cl. The van der Waals surface area contributed by atoms with Crippen molar-refractivity contribution in [1.29, 1.82) is 0 Å². The predicted octanol–water partition coefficient (Wildman–Crippen LogP) is 3.66. The number of carbonyl (C=O) groups excluding carboxylic acids is 1. The molecule has 1 fully saturated rings. The fourth-order valence-electron chi connectivity index (χ4n) is 2.21. The Morgan fingerprint density at radius 2 is 2.24 bits per heavy atom. The average Bonchev–Trinajstić information content (AvgIpc) is 2.64. The van der Waals surface area contributed by atoms with Crippen LogP contribution in [-0.4, -0.2) is 29.8 Å². The summed E-state index contributed by atoms with van der Waals surface area (Å²) in [6, 6.07) is 5.51. The first-order valence-electron chi connectivity index (χ1n) is 5.80. The smallest absolute Gasteiger partial charge is 0.178 e. The molecule has 1 aliphatic heterocycles. The molecule has 0 aromatic heterocycles. The lowest BCUT2D eigenvalue weighted by molar-refractivity contribution is 0.0926. The van der Waals surface area contributed by atoms with Crippen molar-refractivity contribution >= 4 is 29.0 Å². The molecule has 0 spiro atoms. The number of halogens is 2. The third kappa shape index (κ3) is 3.01. The van der Waals surface area contributed by atoms with E-state index >= 15 is 0 Å². The van der Waals surface area contributed by atoms with Crippen molar-refractivity contribution in [3.05, 3.63) is 33.8 Å². The van der Waals surface area contributed by atoms with Gasteiger partial charge in [-0.3, -0.25) is 9.69 Å². The van der Waals surface area contributed by atoms with Gasteiger partial charge in [0.25, 0.3) is 0 Å². The lowest BCUT2D eigenvalue weighted by atomic mass is 10.1. The quantitative estimate of drug-likeness (QED) is 0.783. The van der Waals surface area contributed by atoms with E-state index in [0.29, 0.717) is 28.2 Å². The Morgan fingerprint density at radius 1 is 1.47 bits per heavy atom. The number of likely N-dealkylation sites (tertiary alicyclic amines) is 1. The van der Waals surface area contributed by atoms with Crippen molar-refractivity contribution in [3.8, 4) is 0 Å². The molecule has 0 aliphatic carbocycles. The highest BCUT2D eigenvalue weighted by Gasteiger charge is 2.23. The summed E-state index contributed by atoms with van der Waals surface area (Å²) in [6.45, 7) is 3.60. The summed E-state index contributed by atoms with van der Waals surface area (Å²) in [5, 5.41) is 0.996. The van der Waals surface area contributed by atoms with Gasteiger partial charge in [-0.1, -0.05) is 23.2 Å². The van der Waals surface area contributed by atoms with Crippen molar-refractivity contribution in [1.82, 2.24) is 4.90 Å². The molecule has 1 aromatic carbocycles. The van der Waals surface area contributed by atoms with Crippen LogP contribution in [0, 0.1) is 0 Å². The molecule has 4 heteroatoms. The van der Waals surface area contributed by atoms with Crippen molar-refractivity contribution < 1.29 is 4.79 Å². The Morgan fingerprint density at radius 3 is 2.82 bits per heavy atom. The number of carbonyl (C=O) groups is 1. The molecule has 0 bridgehead atoms. The molecule has 1 heterocycles. The van der Waals surface area contributed by atoms with Gasteiger partial charge in [0.1, 0.15) is 0 Å². The van der Waals surface area contributed by atoms with Crippen LogP contribution in [-0.2, 0) is 0 Å². The molecule has 1 atom stereocenters. The fraction of sp³-hybridized carbons (Fsp3) is 0.462. The van der Waals surface area contributed by atoms with Gasteiger partial charge in [-0.25, -0.2) is 0 Å². The van der Waals surface area contributed by atoms with E-state index in [1.54, 1.807) is 18.2 Å². The molecule has 0 saturated carbocycles. The van der Waals surface area contributed by atoms with Crippen LogP contribution in [0.1, 0.15) is 30.1 Å². The van der Waals surface area contributed by atoms with Crippen LogP contribution in [0.3, 0.4) is 0 Å². The number of Topliss-reactive ketones (excluding diaryl/α,β-unsaturated/α-hetero) is 1. The van der Waals surface area contributed by atoms with Crippen molar-refractivity contribution in [2.24, 2.45) is 0 Å². The van der Waals surface area contributed by atoms with E-state index in [9.17, 15) is 4.79 Å². The van der Waals surface area contributed by atoms with E-state index < -0.39 is 0 Å². The fourth-order valence-corrected chi connectivity index (χ4v) is 2.73. The first-order chi connectivity index (χ1) is 8.08. The molecule has 1 aliphatic rings. The lowest BCUT2D eigenvalue weighted by Gasteiger charge is -2.20. The molecule has 92 valence electrons. The summed E-state index contributed by atoms with van der Waals surface area (Å²) in [7, 11) is 0. The summed E-state index contributed by atoms with van der Waals surface area (Å²) in [4.78, 5) is 14.3. The minimum atomic E-state index is 0.0698. The molecule has 2 nitrogen and oxygen atoms in total. The van der Waals surface area contributed by atoms with Gasteiger partial charge in [0.05, 0.1) is 11.6 Å². The van der Waals surface area contributed by atoms with Crippen LogP contribution >= 0.6 is 23.2 Å². The Labute approximate surface area is 112 Å². The number of ketones is 1. The summed E-state index contributed by atoms with van der Waals surface area (Å²) in [5.41, 5.74) is 0.565. The number of hydrogen-bond donors (Lipinski definition) is 0. The summed E-state index contributed by atoms with van der Waals surface area (Å²) < 4.78 is 0. The number of hydrogen-bond acceptors (Lipinski definition) is 2. The van der Waals surface area contributed by atoms with E-state index in [1.165, 1.54) is 12.8 Å². The summed E-state index contributed by atoms with van der Waals surface area (Å²) >= 11 is 11.8. The third-order valence-electron chi connectivity index (χ3n) is 3.27. The van der Waals surface area contributed by atoms with Gasteiger partial charge in [0.15, 0.2) is 5.78 Å². The second kappa shape index (κ2) is 5.38. The van der Waals surface area contributed by atoms with E-state index in [-0.39, 0.29) is 5.78 Å². The van der Waals surface area contributed by atoms with E-state index in [1.807, 2.05) is 0 Å². The highest BCUT2D eigenvalue weighted by Crippen LogP contribution is 2.23. The minimum Gasteiger partial charge on any atom is -0.293 e. The van der Waals surface area contributed by atoms with Crippen molar-refractivity contribution in [2.45, 2.75) is 25.8 Å². The van der Waals surface area contributed by atoms with Gasteiger partial charge in [0, 0.05) is 16.6 Å². The lowest BCUT2D eigenvalue weighted by Crippen LogP contribution is -2.32. The molecule has 0 N–H and O–H groups in total. The second-order valence-electron chi connectivity index (χ2n) is 4.51. The third-order valence-corrected chi connectivity index (χ3v) is 3.82. The molecular weight excluding hydrogens is 257 g/mol. The standard InChI is InChI=1S/C13H15Cl2NO/c1-9-3-2-6-16(9)8-13(17)11-5-4-10(14)7-12(11)15/h4-5,7,9H,2-3,6,8H2,1H3. The Bertz CT molecular complexity index is 433. The summed E-state index contributed by atoms with van der Waals surface area (Å²) in [5.74, 6) is 0.0698. The van der Waals surface area contributed by atoms with Crippen LogP contribution in [0.5, 0.6) is 0 Å². The second-order valence-corrected chi connectivity index (χ2v) is 5.35. The van der Waals surface area contributed by atoms with Crippen LogP contribution in [0.4, 0.5) is 0 Å². The highest BCUT2D eigenvalue weighted by atomic mass is 35.5. The minimum absolute atomic E-state index is 0.0698. The molecule has 0 amide bonds. The molecule has 0 radical (unpaired) electrons. The maximum atomic E-state index is 12.1. The van der Waals surface area contributed by atoms with E-state index in [2.05, 4.69) is 11.8 Å². The zero-order valence-electron chi connectivity index (χ0n) is 9.75. The average molecular weight is 272 g/mol. The summed E-state index contributed by atoms with van der Waals surface area (Å²) in [6.07, 6.45) is 2.34. The first-order valence-corrected chi connectivity index (χ1v) is 6.56. The van der Waals surface area contributed by atoms with Crippen LogP contribution in [0.25, 0.3) is 0 Å². The molecular formula is C13H15Cl2NO. The van der Waals surface area contributed by atoms with E-state index in [0.717, 1.165) is 6.54 Å². The van der Waals surface area contributed by atoms with Crippen LogP contribution < -0.4 is 0 Å². The van der Waals surface area contributed by atoms with Crippen LogP contribution in [0.2, 0.25) is 10.0 Å². The Balaban J connectivity index is 2.09. The van der Waals surface area contributed by atoms with Gasteiger partial charge >= 0.3 is 0 Å². The topological polar surface area (TPSA) is 20.3 Å². The Kier molecular flexibility index (Phi) is 4.08. The Hall–Kier alpha value is -0.570.